The molecule has 0 unspecified atom stereocenters. The number of imidazole rings is 2. The number of ether oxygens (including phenoxy) is 4. The molecule has 2 heterocycles. The highest BCUT2D eigenvalue weighted by Crippen LogP contribution is 2.42. The van der Waals surface area contributed by atoms with Crippen LogP contribution in [0.25, 0.3) is 16.2 Å². The molecular formula is C63H68Cl3F6N13O4S2. The van der Waals surface area contributed by atoms with Crippen LogP contribution in [0.3, 0.4) is 0 Å². The molecule has 0 aliphatic rings. The minimum absolute atomic E-state index is 0. The van der Waals surface area contributed by atoms with E-state index < -0.39 is 39.9 Å². The van der Waals surface area contributed by atoms with E-state index in [0.29, 0.717) is 65.5 Å². The monoisotopic (exact) mass is 1350 g/mol. The van der Waals surface area contributed by atoms with Crippen molar-refractivity contribution in [3.05, 3.63) is 212 Å². The molecule has 11 N–H and O–H groups in total. The second-order valence-electron chi connectivity index (χ2n) is 20.5. The zero-order valence-electron chi connectivity index (χ0n) is 50.3. The maximum atomic E-state index is 15.2. The van der Waals surface area contributed by atoms with Gasteiger partial charge in [-0.15, -0.1) is 12.4 Å². The van der Waals surface area contributed by atoms with Crippen LogP contribution < -0.4 is 47.6 Å². The van der Waals surface area contributed by atoms with Crippen molar-refractivity contribution in [2.24, 2.45) is 38.7 Å². The molecule has 17 nitrogen and oxygen atoms in total. The number of amidine groups is 1. The van der Waals surface area contributed by atoms with E-state index in [2.05, 4.69) is 24.8 Å². The van der Waals surface area contributed by atoms with E-state index in [1.54, 1.807) is 73.1 Å². The van der Waals surface area contributed by atoms with Gasteiger partial charge in [0.25, 0.3) is 6.54 Å². The molecule has 0 bridgehead atoms. The van der Waals surface area contributed by atoms with Gasteiger partial charge in [0.1, 0.15) is 34.8 Å². The Bertz CT molecular complexity index is 3820. The summed E-state index contributed by atoms with van der Waals surface area (Å²) in [6.07, 6.45) is 4.54. The maximum Gasteiger partial charge on any atom is 0.270 e. The summed E-state index contributed by atoms with van der Waals surface area (Å²) in [5.74, 6) is -1.86. The molecule has 91 heavy (non-hydrogen) atoms. The number of aliphatic imine (C=N–C) groups is 2. The van der Waals surface area contributed by atoms with Crippen LogP contribution >= 0.6 is 59.1 Å². The van der Waals surface area contributed by atoms with E-state index in [1.807, 2.05) is 36.8 Å². The van der Waals surface area contributed by atoms with Gasteiger partial charge < -0.3 is 52.5 Å². The molecule has 0 saturated heterocycles. The van der Waals surface area contributed by atoms with E-state index >= 15 is 4.39 Å². The van der Waals surface area contributed by atoms with Crippen molar-refractivity contribution in [3.8, 4) is 34.4 Å². The first kappa shape index (κ1) is 73.5. The largest absolute Gasteiger partial charge is 0.494 e. The molecule has 2 aromatic heterocycles. The van der Waals surface area contributed by atoms with Crippen molar-refractivity contribution in [1.82, 2.24) is 19.1 Å². The van der Waals surface area contributed by atoms with Crippen LogP contribution in [0.2, 0.25) is 10.0 Å². The Hall–Kier alpha value is -8.25. The molecule has 0 aliphatic heterocycles. The minimum atomic E-state index is -0.689. The number of benzene rings is 6. The number of nitrogens with one attached hydrogen (secondary N) is 1. The lowest BCUT2D eigenvalue weighted by Crippen LogP contribution is -2.26. The second kappa shape index (κ2) is 34.3. The van der Waals surface area contributed by atoms with Gasteiger partial charge in [-0.2, -0.15) is 4.99 Å². The third-order valence-corrected chi connectivity index (χ3v) is 16.2. The molecular weight excluding hydrogens is 1290 g/mol. The number of methoxy groups -OCH3 is 2. The van der Waals surface area contributed by atoms with Crippen LogP contribution in [0.5, 0.6) is 23.0 Å². The summed E-state index contributed by atoms with van der Waals surface area (Å²) in [5, 5.41) is 7.96. The highest BCUT2D eigenvalue weighted by Gasteiger charge is 2.33. The standard InChI is InChI=1S/C31H33ClF3N7O2S.C29H29ClF3N3O2S.C3H5N3.ClH/c1-31(2,18-5-10-24(34)26(13-18)43-3)27-16-40-30(42(27)20-8-6-19(33)7-9-20)45-17-22-23(32)14-21(15-25(22)35)44-12-4-11-39-29(38)41-28(36)37;1-29(2,18-5-10-24(32)26(13-18)37-3)27-16-35-28(36(27)20-8-6-19(31)7-9-20)39-17-22-23(30)14-21(15-25(22)33)38-12-4-11-34;1-6-2-3(4)5;/h5-10,13-16H,4,11-12,17H2,1-3H3,(H6,36,37,38,39,41);5-10,13-16H,4,11-12,17,34H2,1-3H3;2H2,(H3,4,5);1H. The summed E-state index contributed by atoms with van der Waals surface area (Å²) in [6, 6.07) is 27.0. The molecule has 8 aromatic rings. The maximum absolute atomic E-state index is 15.2. The van der Waals surface area contributed by atoms with Crippen molar-refractivity contribution < 1.29 is 45.3 Å². The quantitative estimate of drug-likeness (QED) is 0.00823. The fourth-order valence-electron chi connectivity index (χ4n) is 8.68. The van der Waals surface area contributed by atoms with Crippen molar-refractivity contribution in [1.29, 1.82) is 5.41 Å². The minimum Gasteiger partial charge on any atom is -0.494 e. The van der Waals surface area contributed by atoms with E-state index in [4.69, 9.17) is 82.8 Å². The van der Waals surface area contributed by atoms with Crippen LogP contribution in [-0.4, -0.2) is 83.9 Å². The Morgan fingerprint density at radius 1 is 0.626 bits per heavy atom. The van der Waals surface area contributed by atoms with Crippen LogP contribution in [0.4, 0.5) is 26.3 Å². The van der Waals surface area contributed by atoms with E-state index in [0.717, 1.165) is 22.5 Å². The number of thioether (sulfide) groups is 2. The summed E-state index contributed by atoms with van der Waals surface area (Å²) >= 11 is 15.4. The number of nitrogens with zero attached hydrogens (tertiary/aromatic N) is 7. The Kier molecular flexibility index (Phi) is 27.7. The van der Waals surface area contributed by atoms with Gasteiger partial charge >= 0.3 is 0 Å². The van der Waals surface area contributed by atoms with Crippen LogP contribution in [-0.2, 0) is 22.3 Å². The molecule has 0 aliphatic carbocycles. The molecule has 0 saturated carbocycles. The van der Waals surface area contributed by atoms with Crippen molar-refractivity contribution >= 4 is 76.9 Å². The summed E-state index contributed by atoms with van der Waals surface area (Å²) in [5.41, 5.74) is 29.9. The van der Waals surface area contributed by atoms with Crippen molar-refractivity contribution in [2.45, 2.75) is 73.2 Å². The Morgan fingerprint density at radius 2 is 1.04 bits per heavy atom. The second-order valence-corrected chi connectivity index (χ2v) is 23.2. The number of nitrogens with two attached hydrogens (primary N) is 5. The Balaban J connectivity index is 0.000000302. The predicted octanol–water partition coefficient (Wildman–Crippen LogP) is 13.5. The van der Waals surface area contributed by atoms with E-state index in [9.17, 15) is 22.0 Å². The van der Waals surface area contributed by atoms with Gasteiger partial charge in [-0.3, -0.25) is 19.5 Å². The smallest absolute Gasteiger partial charge is 0.270 e. The first-order chi connectivity index (χ1) is 42.8. The van der Waals surface area contributed by atoms with Gasteiger partial charge in [0.05, 0.1) is 61.3 Å². The number of rotatable bonds is 24. The Labute approximate surface area is 548 Å². The van der Waals surface area contributed by atoms with E-state index in [1.165, 1.54) is 86.3 Å². The molecule has 0 fully saturated rings. The Morgan fingerprint density at radius 3 is 1.40 bits per heavy atom. The molecule has 0 spiro atoms. The molecule has 0 amide bonds. The summed E-state index contributed by atoms with van der Waals surface area (Å²) in [4.78, 5) is 19.7. The van der Waals surface area contributed by atoms with Gasteiger partial charge in [-0.05, 0) is 109 Å². The summed E-state index contributed by atoms with van der Waals surface area (Å²) in [6.45, 7) is 15.4. The molecule has 0 atom stereocenters. The molecule has 6 aromatic carbocycles. The molecule has 0 radical (unpaired) electrons. The van der Waals surface area contributed by atoms with Crippen molar-refractivity contribution in [3.63, 3.8) is 0 Å². The molecule has 484 valence electrons. The third kappa shape index (κ3) is 19.9. The van der Waals surface area contributed by atoms with Gasteiger partial charge in [-0.1, -0.05) is 86.6 Å². The number of aromatic nitrogens is 4. The van der Waals surface area contributed by atoms with Crippen molar-refractivity contribution in [2.75, 3.05) is 47.1 Å². The first-order valence-corrected chi connectivity index (χ1v) is 30.1. The fourth-order valence-corrected chi connectivity index (χ4v) is 11.4. The number of hydrogen-bond acceptors (Lipinski definition) is 11. The summed E-state index contributed by atoms with van der Waals surface area (Å²) < 4.78 is 112. The fraction of sp³-hybridized carbons (Fsp3) is 0.270. The van der Waals surface area contributed by atoms with Gasteiger partial charge in [-0.25, -0.2) is 42.9 Å². The average molecular weight is 1360 g/mol. The first-order valence-electron chi connectivity index (χ1n) is 27.4. The lowest BCUT2D eigenvalue weighted by molar-refractivity contribution is 0.311. The lowest BCUT2D eigenvalue weighted by atomic mass is 9.81. The number of guanidine groups is 2. The van der Waals surface area contributed by atoms with E-state index in [-0.39, 0.29) is 93.5 Å². The highest BCUT2D eigenvalue weighted by molar-refractivity contribution is 7.98. The highest BCUT2D eigenvalue weighted by atomic mass is 35.5. The lowest BCUT2D eigenvalue weighted by Gasteiger charge is -2.28. The number of hydrogen-bond donors (Lipinski definition) is 6. The van der Waals surface area contributed by atoms with Crippen LogP contribution in [0.1, 0.15) is 74.2 Å². The molecule has 28 heteroatoms. The van der Waals surface area contributed by atoms with Gasteiger partial charge in [0.15, 0.2) is 45.2 Å². The third-order valence-electron chi connectivity index (χ3n) is 13.5. The zero-order valence-corrected chi connectivity index (χ0v) is 54.3. The number of halogens is 9. The predicted molar refractivity (Wildman–Crippen MR) is 351 cm³/mol. The van der Waals surface area contributed by atoms with Gasteiger partial charge in [0, 0.05) is 69.9 Å². The average Bonchev–Trinajstić information content (AvgIpc) is 1.70. The zero-order chi connectivity index (χ0) is 65.9. The van der Waals surface area contributed by atoms with Crippen LogP contribution in [0, 0.1) is 46.9 Å². The van der Waals surface area contributed by atoms with Gasteiger partial charge in [0.2, 0.25) is 5.96 Å². The van der Waals surface area contributed by atoms with Crippen LogP contribution in [0.15, 0.2) is 142 Å². The normalized spacial score (nSPS) is 11.3. The SMILES string of the molecule is COc1cc(C(C)(C)c2cnc(SCc3c(F)cc(OCCCN)cc3Cl)n2-c2ccc(F)cc2)ccc1F.COc1cc(C(C)(C)c2cnc(SCc3c(F)cc(OCCCN=C(N)N=C(N)N)cc3Cl)n2-c2ccc(F)cc2)ccc1F.Cl.[C-]#[N+]CC(=N)N. The summed E-state index contributed by atoms with van der Waals surface area (Å²) in [7, 11) is 2.82. The topological polar surface area (TPSA) is 256 Å². The molecule has 8 rings (SSSR count).